The van der Waals surface area contributed by atoms with Gasteiger partial charge >= 0.3 is 5.63 Å². The number of furan rings is 1. The lowest BCUT2D eigenvalue weighted by atomic mass is 9.93. The van der Waals surface area contributed by atoms with Gasteiger partial charge in [-0.25, -0.2) is 4.79 Å². The first-order valence-electron chi connectivity index (χ1n) is 10.5. The van der Waals surface area contributed by atoms with Crippen LogP contribution in [0.4, 0.5) is 0 Å². The van der Waals surface area contributed by atoms with Gasteiger partial charge in [0.15, 0.2) is 0 Å². The summed E-state index contributed by atoms with van der Waals surface area (Å²) >= 11 is 0. The van der Waals surface area contributed by atoms with E-state index in [1.165, 1.54) is 5.56 Å². The first-order valence-corrected chi connectivity index (χ1v) is 10.5. The van der Waals surface area contributed by atoms with Gasteiger partial charge in [-0.2, -0.15) is 0 Å². The number of fused-ring (bicyclic) bond motifs is 4. The lowest BCUT2D eigenvalue weighted by Crippen LogP contribution is -2.43. The molecule has 1 aliphatic rings. The molecule has 0 fully saturated rings. The first kappa shape index (κ1) is 21.6. The number of carboxylic acids is 1. The monoisotopic (exact) mass is 439 g/mol. The van der Waals surface area contributed by atoms with Crippen LogP contribution in [-0.4, -0.2) is 30.9 Å². The SMILES string of the molecule is Cc1c(CC(=O)NCC(=O)NCC(=O)[O-])c(=O)oc2c(C)c3oc4c(c3cc12)CCCC4. The van der Waals surface area contributed by atoms with Crippen molar-refractivity contribution in [1.29, 1.82) is 0 Å². The van der Waals surface area contributed by atoms with Crippen molar-refractivity contribution in [2.75, 3.05) is 13.1 Å². The van der Waals surface area contributed by atoms with E-state index in [9.17, 15) is 24.3 Å². The Hall–Kier alpha value is -3.62. The van der Waals surface area contributed by atoms with E-state index >= 15 is 0 Å². The van der Waals surface area contributed by atoms with Gasteiger partial charge in [0.05, 0.1) is 31.0 Å². The smallest absolute Gasteiger partial charge is 0.340 e. The molecule has 0 bridgehead atoms. The van der Waals surface area contributed by atoms with E-state index in [0.29, 0.717) is 11.1 Å². The molecule has 2 aromatic heterocycles. The van der Waals surface area contributed by atoms with Gasteiger partial charge in [-0.1, -0.05) is 0 Å². The van der Waals surface area contributed by atoms with Gasteiger partial charge in [0.2, 0.25) is 11.8 Å². The Labute approximate surface area is 182 Å². The molecule has 168 valence electrons. The number of aliphatic carboxylic acids is 1. The third kappa shape index (κ3) is 3.98. The minimum Gasteiger partial charge on any atom is -0.548 e. The Morgan fingerprint density at radius 1 is 0.938 bits per heavy atom. The number of aryl methyl sites for hydroxylation is 4. The van der Waals surface area contributed by atoms with E-state index in [0.717, 1.165) is 53.4 Å². The Bertz CT molecular complexity index is 1320. The average Bonchev–Trinajstić information content (AvgIpc) is 3.14. The van der Waals surface area contributed by atoms with Crippen LogP contribution in [0, 0.1) is 13.8 Å². The number of carboxylic acid groups (broad SMARTS) is 1. The maximum Gasteiger partial charge on any atom is 0.340 e. The quantitative estimate of drug-likeness (QED) is 0.535. The molecule has 1 aromatic carbocycles. The molecule has 9 heteroatoms. The Balaban J connectivity index is 1.63. The van der Waals surface area contributed by atoms with Gasteiger partial charge in [-0.15, -0.1) is 0 Å². The zero-order valence-electron chi connectivity index (χ0n) is 17.9. The lowest BCUT2D eigenvalue weighted by molar-refractivity contribution is -0.304. The van der Waals surface area contributed by atoms with Gasteiger partial charge in [0, 0.05) is 28.3 Å². The summed E-state index contributed by atoms with van der Waals surface area (Å²) < 4.78 is 11.7. The normalized spacial score (nSPS) is 13.2. The summed E-state index contributed by atoms with van der Waals surface area (Å²) in [6, 6.07) is 1.97. The highest BCUT2D eigenvalue weighted by atomic mass is 16.4. The molecule has 9 nitrogen and oxygen atoms in total. The zero-order valence-corrected chi connectivity index (χ0v) is 17.9. The molecular formula is C23H23N2O7-. The van der Waals surface area contributed by atoms with Crippen molar-refractivity contribution in [2.45, 2.75) is 46.0 Å². The number of amides is 2. The largest absolute Gasteiger partial charge is 0.548 e. The molecule has 2 amide bonds. The fourth-order valence-electron chi connectivity index (χ4n) is 4.26. The number of rotatable bonds is 6. The topological polar surface area (TPSA) is 142 Å². The van der Waals surface area contributed by atoms with Crippen molar-refractivity contribution in [3.63, 3.8) is 0 Å². The van der Waals surface area contributed by atoms with Crippen LogP contribution < -0.4 is 21.4 Å². The second-order valence-electron chi connectivity index (χ2n) is 8.06. The second-order valence-corrected chi connectivity index (χ2v) is 8.06. The predicted octanol–water partition coefficient (Wildman–Crippen LogP) is 0.560. The molecule has 0 aliphatic heterocycles. The van der Waals surface area contributed by atoms with Crippen LogP contribution in [0.15, 0.2) is 19.7 Å². The molecule has 1 aliphatic carbocycles. The minimum atomic E-state index is -1.43. The summed E-state index contributed by atoms with van der Waals surface area (Å²) in [6.07, 6.45) is 3.76. The Kier molecular flexibility index (Phi) is 5.73. The fourth-order valence-corrected chi connectivity index (χ4v) is 4.26. The second kappa shape index (κ2) is 8.49. The van der Waals surface area contributed by atoms with E-state index in [4.69, 9.17) is 8.83 Å². The zero-order chi connectivity index (χ0) is 23.0. The maximum absolute atomic E-state index is 12.7. The van der Waals surface area contributed by atoms with Crippen LogP contribution in [0.2, 0.25) is 0 Å². The van der Waals surface area contributed by atoms with Gasteiger partial charge in [0.1, 0.15) is 16.9 Å². The van der Waals surface area contributed by atoms with E-state index in [1.54, 1.807) is 6.92 Å². The molecule has 3 aromatic rings. The summed E-state index contributed by atoms with van der Waals surface area (Å²) in [7, 11) is 0. The standard InChI is InChI=1S/C23H24N2O7/c1-11-14-7-16-13-5-3-4-6-17(13)31-22(16)12(2)21(14)32-23(30)15(11)8-18(26)24-9-19(27)25-10-20(28)29/h7H,3-6,8-10H2,1-2H3,(H,24,26)(H,25,27)(H,28,29)/p-1. The van der Waals surface area contributed by atoms with Crippen LogP contribution in [0.5, 0.6) is 0 Å². The number of nitrogens with one attached hydrogen (secondary N) is 2. The lowest BCUT2D eigenvalue weighted by Gasteiger charge is -2.11. The van der Waals surface area contributed by atoms with Gasteiger partial charge in [0.25, 0.3) is 0 Å². The molecule has 2 heterocycles. The summed E-state index contributed by atoms with van der Waals surface area (Å²) in [5, 5.41) is 16.6. The van der Waals surface area contributed by atoms with Gasteiger partial charge in [-0.3, -0.25) is 9.59 Å². The highest BCUT2D eigenvalue weighted by Gasteiger charge is 2.23. The molecule has 0 spiro atoms. The van der Waals surface area contributed by atoms with Gasteiger partial charge in [-0.05, 0) is 44.7 Å². The van der Waals surface area contributed by atoms with E-state index in [-0.39, 0.29) is 12.0 Å². The molecule has 0 unspecified atom stereocenters. The van der Waals surface area contributed by atoms with E-state index in [2.05, 4.69) is 10.6 Å². The summed E-state index contributed by atoms with van der Waals surface area (Å²) in [4.78, 5) is 46.9. The number of hydrogen-bond acceptors (Lipinski definition) is 7. The summed E-state index contributed by atoms with van der Waals surface area (Å²) in [5.41, 5.74) is 3.36. The van der Waals surface area contributed by atoms with Crippen molar-refractivity contribution in [1.82, 2.24) is 10.6 Å². The number of carbonyl (C=O) groups excluding carboxylic acids is 3. The van der Waals surface area contributed by atoms with Crippen LogP contribution in [0.1, 0.15) is 40.9 Å². The van der Waals surface area contributed by atoms with Crippen molar-refractivity contribution in [2.24, 2.45) is 0 Å². The van der Waals surface area contributed by atoms with Crippen LogP contribution >= 0.6 is 0 Å². The Morgan fingerprint density at radius 2 is 1.62 bits per heavy atom. The van der Waals surface area contributed by atoms with Crippen molar-refractivity contribution in [3.8, 4) is 0 Å². The molecule has 0 radical (unpaired) electrons. The fraction of sp³-hybridized carbons (Fsp3) is 0.391. The molecule has 0 saturated heterocycles. The summed E-state index contributed by atoms with van der Waals surface area (Å²) in [6.45, 7) is 2.57. The number of hydrogen-bond donors (Lipinski definition) is 2. The maximum atomic E-state index is 12.7. The summed E-state index contributed by atoms with van der Waals surface area (Å²) in [5.74, 6) is -1.67. The van der Waals surface area contributed by atoms with Crippen LogP contribution in [0.25, 0.3) is 21.9 Å². The number of benzene rings is 1. The molecule has 0 atom stereocenters. The highest BCUT2D eigenvalue weighted by Crippen LogP contribution is 2.37. The third-order valence-corrected chi connectivity index (χ3v) is 5.94. The Morgan fingerprint density at radius 3 is 2.38 bits per heavy atom. The average molecular weight is 439 g/mol. The predicted molar refractivity (Wildman–Crippen MR) is 113 cm³/mol. The van der Waals surface area contributed by atoms with Crippen molar-refractivity contribution >= 4 is 39.7 Å². The van der Waals surface area contributed by atoms with Crippen molar-refractivity contribution < 1.29 is 28.3 Å². The van der Waals surface area contributed by atoms with E-state index < -0.39 is 36.5 Å². The molecule has 0 saturated carbocycles. The van der Waals surface area contributed by atoms with Gasteiger partial charge < -0.3 is 29.4 Å². The first-order chi connectivity index (χ1) is 15.3. The highest BCUT2D eigenvalue weighted by molar-refractivity contribution is 6.00. The molecular weight excluding hydrogens is 416 g/mol. The molecule has 2 N–H and O–H groups in total. The van der Waals surface area contributed by atoms with E-state index in [1.807, 2.05) is 13.0 Å². The molecule has 32 heavy (non-hydrogen) atoms. The minimum absolute atomic E-state index is 0.209. The van der Waals surface area contributed by atoms with Crippen LogP contribution in [0.3, 0.4) is 0 Å². The number of carbonyl (C=O) groups is 3. The van der Waals surface area contributed by atoms with Crippen LogP contribution in [-0.2, 0) is 33.6 Å². The van der Waals surface area contributed by atoms with Crippen molar-refractivity contribution in [3.05, 3.63) is 44.5 Å². The molecule has 4 rings (SSSR count). The third-order valence-electron chi connectivity index (χ3n) is 5.94.